The van der Waals surface area contributed by atoms with Crippen molar-refractivity contribution in [2.75, 3.05) is 13.6 Å². The standard InChI is InChI=1S/C16H17BrClFN2/c1-21(10-11-3-2-4-12(18)7-11)16(9-20)14-6-5-13(19)8-15(14)17/h2-8,16H,9-10,20H2,1H3. The second-order valence-corrected chi connectivity index (χ2v) is 6.25. The summed E-state index contributed by atoms with van der Waals surface area (Å²) in [4.78, 5) is 2.13. The SMILES string of the molecule is CN(Cc1cccc(Cl)c1)C(CN)c1ccc(F)cc1Br. The predicted molar refractivity (Wildman–Crippen MR) is 88.8 cm³/mol. The third kappa shape index (κ3) is 4.27. The van der Waals surface area contributed by atoms with Crippen LogP contribution in [0.15, 0.2) is 46.9 Å². The van der Waals surface area contributed by atoms with Crippen molar-refractivity contribution >= 4 is 27.5 Å². The first-order valence-electron chi connectivity index (χ1n) is 6.61. The molecule has 2 nitrogen and oxygen atoms in total. The molecule has 0 aliphatic carbocycles. The zero-order chi connectivity index (χ0) is 15.4. The summed E-state index contributed by atoms with van der Waals surface area (Å²) < 4.78 is 14.0. The number of benzene rings is 2. The van der Waals surface area contributed by atoms with Crippen LogP contribution in [0.3, 0.4) is 0 Å². The Kier molecular flexibility index (Phi) is 5.76. The minimum Gasteiger partial charge on any atom is -0.329 e. The number of rotatable bonds is 5. The lowest BCUT2D eigenvalue weighted by atomic mass is 10.0. The molecule has 1 atom stereocenters. The number of likely N-dealkylation sites (N-methyl/N-ethyl adjacent to an activating group) is 1. The first kappa shape index (κ1) is 16.4. The zero-order valence-corrected chi connectivity index (χ0v) is 14.0. The van der Waals surface area contributed by atoms with Crippen molar-refractivity contribution in [1.82, 2.24) is 4.90 Å². The topological polar surface area (TPSA) is 29.3 Å². The molecule has 2 rings (SSSR count). The van der Waals surface area contributed by atoms with Gasteiger partial charge in [0.25, 0.3) is 0 Å². The van der Waals surface area contributed by atoms with Crippen molar-refractivity contribution in [1.29, 1.82) is 0 Å². The van der Waals surface area contributed by atoms with Crippen LogP contribution in [0.4, 0.5) is 4.39 Å². The van der Waals surface area contributed by atoms with Gasteiger partial charge in [-0.25, -0.2) is 4.39 Å². The lowest BCUT2D eigenvalue weighted by molar-refractivity contribution is 0.241. The third-order valence-corrected chi connectivity index (χ3v) is 4.32. The van der Waals surface area contributed by atoms with Crippen molar-refractivity contribution in [2.45, 2.75) is 12.6 Å². The quantitative estimate of drug-likeness (QED) is 0.845. The second kappa shape index (κ2) is 7.36. The van der Waals surface area contributed by atoms with Gasteiger partial charge < -0.3 is 5.73 Å². The van der Waals surface area contributed by atoms with E-state index in [4.69, 9.17) is 17.3 Å². The van der Waals surface area contributed by atoms with E-state index in [1.165, 1.54) is 12.1 Å². The summed E-state index contributed by atoms with van der Waals surface area (Å²) in [5, 5.41) is 0.716. The van der Waals surface area contributed by atoms with Gasteiger partial charge in [-0.05, 0) is 42.4 Å². The van der Waals surface area contributed by atoms with E-state index in [9.17, 15) is 4.39 Å². The van der Waals surface area contributed by atoms with Crippen molar-refractivity contribution in [2.24, 2.45) is 5.73 Å². The fraction of sp³-hybridized carbons (Fsp3) is 0.250. The molecule has 0 heterocycles. The number of hydrogen-bond donors (Lipinski definition) is 1. The smallest absolute Gasteiger partial charge is 0.124 e. The maximum Gasteiger partial charge on any atom is 0.124 e. The Balaban J connectivity index is 2.20. The van der Waals surface area contributed by atoms with Crippen LogP contribution in [0.25, 0.3) is 0 Å². The average Bonchev–Trinajstić information content (AvgIpc) is 2.42. The van der Waals surface area contributed by atoms with Crippen LogP contribution in [0, 0.1) is 5.82 Å². The van der Waals surface area contributed by atoms with E-state index in [0.717, 1.165) is 15.6 Å². The van der Waals surface area contributed by atoms with Crippen LogP contribution >= 0.6 is 27.5 Å². The van der Waals surface area contributed by atoms with Crippen LogP contribution < -0.4 is 5.73 Å². The van der Waals surface area contributed by atoms with Gasteiger partial charge in [0.1, 0.15) is 5.82 Å². The van der Waals surface area contributed by atoms with Crippen LogP contribution in [0.5, 0.6) is 0 Å². The summed E-state index contributed by atoms with van der Waals surface area (Å²) in [6.07, 6.45) is 0. The number of halogens is 3. The molecule has 0 bridgehead atoms. The van der Waals surface area contributed by atoms with Gasteiger partial charge in [-0.2, -0.15) is 0 Å². The largest absolute Gasteiger partial charge is 0.329 e. The van der Waals surface area contributed by atoms with E-state index < -0.39 is 0 Å². The Hall–Kier alpha value is -0.940. The van der Waals surface area contributed by atoms with Crippen LogP contribution in [-0.4, -0.2) is 18.5 Å². The Morgan fingerprint density at radius 2 is 2.05 bits per heavy atom. The molecule has 5 heteroatoms. The Morgan fingerprint density at radius 3 is 2.67 bits per heavy atom. The van der Waals surface area contributed by atoms with E-state index in [2.05, 4.69) is 20.8 Å². The van der Waals surface area contributed by atoms with Crippen molar-refractivity contribution in [3.63, 3.8) is 0 Å². The molecule has 0 saturated carbocycles. The minimum absolute atomic E-state index is 0.000966. The highest BCUT2D eigenvalue weighted by Crippen LogP contribution is 2.28. The third-order valence-electron chi connectivity index (χ3n) is 3.40. The molecule has 21 heavy (non-hydrogen) atoms. The summed E-state index contributed by atoms with van der Waals surface area (Å²) in [6, 6.07) is 12.4. The lowest BCUT2D eigenvalue weighted by Gasteiger charge is -2.28. The fourth-order valence-corrected chi connectivity index (χ4v) is 3.18. The van der Waals surface area contributed by atoms with E-state index >= 15 is 0 Å². The molecular formula is C16H17BrClFN2. The molecule has 0 radical (unpaired) electrons. The van der Waals surface area contributed by atoms with Crippen LogP contribution in [0.2, 0.25) is 5.02 Å². The molecule has 1 unspecified atom stereocenters. The first-order valence-corrected chi connectivity index (χ1v) is 7.78. The van der Waals surface area contributed by atoms with E-state index in [1.807, 2.05) is 31.3 Å². The number of hydrogen-bond acceptors (Lipinski definition) is 2. The summed E-state index contributed by atoms with van der Waals surface area (Å²) in [7, 11) is 1.99. The van der Waals surface area contributed by atoms with Gasteiger partial charge in [-0.3, -0.25) is 4.90 Å². The Morgan fingerprint density at radius 1 is 1.29 bits per heavy atom. The van der Waals surface area contributed by atoms with Gasteiger partial charge >= 0.3 is 0 Å². The highest BCUT2D eigenvalue weighted by molar-refractivity contribution is 9.10. The molecule has 0 aliphatic rings. The second-order valence-electron chi connectivity index (χ2n) is 4.96. The highest BCUT2D eigenvalue weighted by Gasteiger charge is 2.18. The lowest BCUT2D eigenvalue weighted by Crippen LogP contribution is -2.30. The molecule has 2 aromatic carbocycles. The van der Waals surface area contributed by atoms with E-state index in [-0.39, 0.29) is 11.9 Å². The fourth-order valence-electron chi connectivity index (χ4n) is 2.35. The molecule has 0 spiro atoms. The molecule has 112 valence electrons. The molecule has 2 N–H and O–H groups in total. The van der Waals surface area contributed by atoms with Crippen LogP contribution in [-0.2, 0) is 6.54 Å². The van der Waals surface area contributed by atoms with Crippen LogP contribution in [0.1, 0.15) is 17.2 Å². The predicted octanol–water partition coefficient (Wildman–Crippen LogP) is 4.37. The van der Waals surface area contributed by atoms with Gasteiger partial charge in [0.2, 0.25) is 0 Å². The number of nitrogens with two attached hydrogens (primary N) is 1. The van der Waals surface area contributed by atoms with Gasteiger partial charge in [0, 0.05) is 28.6 Å². The summed E-state index contributed by atoms with van der Waals surface area (Å²) >= 11 is 9.42. The number of nitrogens with zero attached hydrogens (tertiary/aromatic N) is 1. The Labute approximate surface area is 137 Å². The van der Waals surface area contributed by atoms with Crippen molar-refractivity contribution in [3.05, 3.63) is 68.9 Å². The monoisotopic (exact) mass is 370 g/mol. The highest BCUT2D eigenvalue weighted by atomic mass is 79.9. The van der Waals surface area contributed by atoms with Gasteiger partial charge in [0.15, 0.2) is 0 Å². The summed E-state index contributed by atoms with van der Waals surface area (Å²) in [5.74, 6) is -0.265. The molecule has 0 amide bonds. The molecule has 2 aromatic rings. The van der Waals surface area contributed by atoms with Gasteiger partial charge in [-0.1, -0.05) is 45.7 Å². The summed E-state index contributed by atoms with van der Waals surface area (Å²) in [6.45, 7) is 1.16. The van der Waals surface area contributed by atoms with Gasteiger partial charge in [0.05, 0.1) is 0 Å². The normalized spacial score (nSPS) is 12.7. The van der Waals surface area contributed by atoms with Crippen molar-refractivity contribution < 1.29 is 4.39 Å². The Bertz CT molecular complexity index is 621. The molecule has 0 saturated heterocycles. The maximum atomic E-state index is 13.2. The zero-order valence-electron chi connectivity index (χ0n) is 11.7. The summed E-state index contributed by atoms with van der Waals surface area (Å²) in [5.41, 5.74) is 8.00. The molecule has 0 aliphatic heterocycles. The van der Waals surface area contributed by atoms with E-state index in [1.54, 1.807) is 6.07 Å². The minimum atomic E-state index is -0.265. The first-order chi connectivity index (χ1) is 10.0. The molecular weight excluding hydrogens is 355 g/mol. The van der Waals surface area contributed by atoms with Gasteiger partial charge in [-0.15, -0.1) is 0 Å². The molecule has 0 aromatic heterocycles. The van der Waals surface area contributed by atoms with E-state index in [0.29, 0.717) is 18.1 Å². The average molecular weight is 372 g/mol. The molecule has 0 fully saturated rings. The van der Waals surface area contributed by atoms with Crippen molar-refractivity contribution in [3.8, 4) is 0 Å². The maximum absolute atomic E-state index is 13.2.